The fourth-order valence-corrected chi connectivity index (χ4v) is 3.71. The Kier molecular flexibility index (Phi) is 8.10. The zero-order valence-electron chi connectivity index (χ0n) is 16.0. The van der Waals surface area contributed by atoms with Gasteiger partial charge in [0.25, 0.3) is 0 Å². The van der Waals surface area contributed by atoms with Crippen LogP contribution < -0.4 is 16.4 Å². The van der Waals surface area contributed by atoms with Gasteiger partial charge in [0.05, 0.1) is 0 Å². The van der Waals surface area contributed by atoms with Gasteiger partial charge in [0.15, 0.2) is 0 Å². The van der Waals surface area contributed by atoms with E-state index in [1.54, 1.807) is 0 Å². The molecule has 26 heavy (non-hydrogen) atoms. The van der Waals surface area contributed by atoms with Crippen LogP contribution in [-0.2, 0) is 9.59 Å². The van der Waals surface area contributed by atoms with Gasteiger partial charge in [0.1, 0.15) is 6.04 Å². The maximum absolute atomic E-state index is 13.0. The molecule has 4 N–H and O–H groups in total. The number of amides is 2. The van der Waals surface area contributed by atoms with Crippen LogP contribution in [0.5, 0.6) is 0 Å². The van der Waals surface area contributed by atoms with Gasteiger partial charge < -0.3 is 16.4 Å². The number of hydrogen-bond donors (Lipinski definition) is 3. The summed E-state index contributed by atoms with van der Waals surface area (Å²) in [6.45, 7) is 4.41. The lowest BCUT2D eigenvalue weighted by Gasteiger charge is -2.31. The van der Waals surface area contributed by atoms with Crippen LogP contribution in [0.25, 0.3) is 0 Å². The van der Waals surface area contributed by atoms with Crippen molar-refractivity contribution in [2.24, 2.45) is 17.6 Å². The molecule has 2 atom stereocenters. The summed E-state index contributed by atoms with van der Waals surface area (Å²) in [6, 6.07) is 8.70. The first-order valence-corrected chi connectivity index (χ1v) is 9.86. The van der Waals surface area contributed by atoms with Crippen LogP contribution in [0.4, 0.5) is 0 Å². The maximum atomic E-state index is 13.0. The Bertz CT molecular complexity index is 568. The van der Waals surface area contributed by atoms with Gasteiger partial charge >= 0.3 is 0 Å². The molecule has 1 saturated carbocycles. The van der Waals surface area contributed by atoms with E-state index in [0.717, 1.165) is 18.4 Å². The Hall–Kier alpha value is -1.88. The third-order valence-electron chi connectivity index (χ3n) is 5.09. The quantitative estimate of drug-likeness (QED) is 0.667. The summed E-state index contributed by atoms with van der Waals surface area (Å²) in [5.74, 6) is 0.398. The van der Waals surface area contributed by atoms with Crippen LogP contribution in [0, 0.1) is 11.8 Å². The molecule has 144 valence electrons. The van der Waals surface area contributed by atoms with Crippen molar-refractivity contribution >= 4 is 11.8 Å². The summed E-state index contributed by atoms with van der Waals surface area (Å²) in [6.07, 6.45) is 6.28. The number of hydrogen-bond acceptors (Lipinski definition) is 3. The maximum Gasteiger partial charge on any atom is 0.247 e. The van der Waals surface area contributed by atoms with Crippen LogP contribution >= 0.6 is 0 Å². The number of carbonyl (C=O) groups excluding carboxylic acids is 2. The molecule has 2 rings (SSSR count). The molecule has 0 saturated heterocycles. The predicted molar refractivity (Wildman–Crippen MR) is 104 cm³/mol. The SMILES string of the molecule is CC(C)CC(=O)NC(C(=O)NC(CN)C1CCCCC1)c1ccccc1. The highest BCUT2D eigenvalue weighted by Gasteiger charge is 2.28. The van der Waals surface area contributed by atoms with Gasteiger partial charge in [-0.15, -0.1) is 0 Å². The largest absolute Gasteiger partial charge is 0.350 e. The van der Waals surface area contributed by atoms with E-state index in [4.69, 9.17) is 5.73 Å². The Morgan fingerprint density at radius 3 is 2.31 bits per heavy atom. The highest BCUT2D eigenvalue weighted by atomic mass is 16.2. The van der Waals surface area contributed by atoms with Crippen LogP contribution in [0.1, 0.15) is 64.0 Å². The molecule has 1 fully saturated rings. The minimum atomic E-state index is -0.680. The number of rotatable bonds is 8. The van der Waals surface area contributed by atoms with E-state index in [9.17, 15) is 9.59 Å². The minimum Gasteiger partial charge on any atom is -0.350 e. The van der Waals surface area contributed by atoms with Crippen LogP contribution in [0.3, 0.4) is 0 Å². The zero-order valence-corrected chi connectivity index (χ0v) is 16.0. The Morgan fingerprint density at radius 1 is 1.08 bits per heavy atom. The molecule has 2 amide bonds. The highest BCUT2D eigenvalue weighted by Crippen LogP contribution is 2.26. The first kappa shape index (κ1) is 20.4. The third kappa shape index (κ3) is 6.13. The lowest BCUT2D eigenvalue weighted by Crippen LogP contribution is -2.50. The van der Waals surface area contributed by atoms with Crippen LogP contribution in [0.2, 0.25) is 0 Å². The first-order valence-electron chi connectivity index (χ1n) is 9.86. The van der Waals surface area contributed by atoms with Crippen molar-refractivity contribution in [3.05, 3.63) is 35.9 Å². The van der Waals surface area contributed by atoms with E-state index in [0.29, 0.717) is 18.9 Å². The third-order valence-corrected chi connectivity index (χ3v) is 5.09. The second-order valence-corrected chi connectivity index (χ2v) is 7.76. The van der Waals surface area contributed by atoms with Crippen molar-refractivity contribution in [2.45, 2.75) is 64.5 Å². The molecule has 0 radical (unpaired) electrons. The molecular weight excluding hydrogens is 326 g/mol. The Morgan fingerprint density at radius 2 is 1.73 bits per heavy atom. The fourth-order valence-electron chi connectivity index (χ4n) is 3.71. The number of nitrogens with two attached hydrogens (primary N) is 1. The standard InChI is InChI=1S/C21H33N3O2/c1-15(2)13-19(25)24-20(17-11-7-4-8-12-17)21(26)23-18(14-22)16-9-5-3-6-10-16/h4,7-8,11-12,15-16,18,20H,3,5-6,9-10,13-14,22H2,1-2H3,(H,23,26)(H,24,25). The molecular formula is C21H33N3O2. The summed E-state index contributed by atoms with van der Waals surface area (Å²) in [5, 5.41) is 6.02. The van der Waals surface area contributed by atoms with Gasteiger partial charge in [-0.2, -0.15) is 0 Å². The van der Waals surface area contributed by atoms with E-state index in [1.807, 2.05) is 44.2 Å². The van der Waals surface area contributed by atoms with Crippen LogP contribution in [0.15, 0.2) is 30.3 Å². The van der Waals surface area contributed by atoms with Crippen molar-refractivity contribution in [1.29, 1.82) is 0 Å². The van der Waals surface area contributed by atoms with E-state index in [2.05, 4.69) is 10.6 Å². The average molecular weight is 360 g/mol. The highest BCUT2D eigenvalue weighted by molar-refractivity contribution is 5.88. The van der Waals surface area contributed by atoms with E-state index >= 15 is 0 Å². The van der Waals surface area contributed by atoms with Crippen molar-refractivity contribution in [3.63, 3.8) is 0 Å². The zero-order chi connectivity index (χ0) is 18.9. The fraction of sp³-hybridized carbons (Fsp3) is 0.619. The molecule has 0 spiro atoms. The average Bonchev–Trinajstić information content (AvgIpc) is 2.64. The van der Waals surface area contributed by atoms with E-state index < -0.39 is 6.04 Å². The molecule has 1 aliphatic rings. The molecule has 5 nitrogen and oxygen atoms in total. The summed E-state index contributed by atoms with van der Waals surface area (Å²) < 4.78 is 0. The summed E-state index contributed by atoms with van der Waals surface area (Å²) in [7, 11) is 0. The molecule has 0 bridgehead atoms. The van der Waals surface area contributed by atoms with Crippen LogP contribution in [-0.4, -0.2) is 24.4 Å². The van der Waals surface area contributed by atoms with E-state index in [-0.39, 0.29) is 23.8 Å². The molecule has 0 heterocycles. The molecule has 1 aromatic rings. The lowest BCUT2D eigenvalue weighted by molar-refractivity contribution is -0.130. The lowest BCUT2D eigenvalue weighted by atomic mass is 9.83. The van der Waals surface area contributed by atoms with Gasteiger partial charge in [0.2, 0.25) is 11.8 Å². The molecule has 5 heteroatoms. The summed E-state index contributed by atoms with van der Waals surface area (Å²) in [4.78, 5) is 25.3. The second-order valence-electron chi connectivity index (χ2n) is 7.76. The monoisotopic (exact) mass is 359 g/mol. The smallest absolute Gasteiger partial charge is 0.247 e. The normalized spacial score (nSPS) is 17.5. The Balaban J connectivity index is 2.09. The second kappa shape index (κ2) is 10.3. The van der Waals surface area contributed by atoms with Gasteiger partial charge in [-0.05, 0) is 30.2 Å². The van der Waals surface area contributed by atoms with Gasteiger partial charge in [-0.3, -0.25) is 9.59 Å². The van der Waals surface area contributed by atoms with E-state index in [1.165, 1.54) is 19.3 Å². The topological polar surface area (TPSA) is 84.2 Å². The molecule has 0 aliphatic heterocycles. The summed E-state index contributed by atoms with van der Waals surface area (Å²) in [5.41, 5.74) is 6.75. The van der Waals surface area contributed by atoms with Crippen molar-refractivity contribution in [1.82, 2.24) is 10.6 Å². The van der Waals surface area contributed by atoms with Crippen molar-refractivity contribution in [3.8, 4) is 0 Å². The molecule has 2 unspecified atom stereocenters. The molecule has 0 aromatic heterocycles. The number of nitrogens with one attached hydrogen (secondary N) is 2. The molecule has 1 aromatic carbocycles. The molecule has 1 aliphatic carbocycles. The Labute approximate surface area is 157 Å². The predicted octanol–water partition coefficient (Wildman–Crippen LogP) is 2.91. The van der Waals surface area contributed by atoms with Gasteiger partial charge in [0, 0.05) is 19.0 Å². The van der Waals surface area contributed by atoms with Gasteiger partial charge in [-0.1, -0.05) is 63.4 Å². The number of benzene rings is 1. The van der Waals surface area contributed by atoms with Gasteiger partial charge in [-0.25, -0.2) is 0 Å². The minimum absolute atomic E-state index is 0.0315. The summed E-state index contributed by atoms with van der Waals surface area (Å²) >= 11 is 0. The number of carbonyl (C=O) groups is 2. The van der Waals surface area contributed by atoms with Crippen molar-refractivity contribution in [2.75, 3.05) is 6.54 Å². The first-order chi connectivity index (χ1) is 12.5. The van der Waals surface area contributed by atoms with Crippen molar-refractivity contribution < 1.29 is 9.59 Å².